The Morgan fingerprint density at radius 3 is 2.53 bits per heavy atom. The van der Waals surface area contributed by atoms with Crippen LogP contribution >= 0.6 is 23.3 Å². The number of halogens is 1. The zero-order valence-corrected chi connectivity index (χ0v) is 20.2. The molecular weight excluding hydrogens is 464 g/mol. The summed E-state index contributed by atoms with van der Waals surface area (Å²) in [5.74, 6) is -1.07. The van der Waals surface area contributed by atoms with Crippen molar-refractivity contribution in [3.05, 3.63) is 0 Å². The Kier molecular flexibility index (Phi) is 9.91. The Morgan fingerprint density at radius 2 is 1.94 bits per heavy atom. The minimum Gasteiger partial charge on any atom is -0.470 e. The van der Waals surface area contributed by atoms with Crippen LogP contribution in [-0.2, 0) is 28.6 Å². The molecule has 1 aliphatic heterocycles. The third kappa shape index (κ3) is 8.06. The molecule has 13 heteroatoms. The standard InChI is InChI=1S/C19H29ClN4O7S/c1-13(25)29-12-15(26)24(19(2,3)4)10-14(31-16(27)9-20)11-30-18-17(21-32-22-18)23-5-7-28-8-6-23/h14H,5-12H2,1-4H3/t14-/m0/s1. The maximum atomic E-state index is 12.7. The van der Waals surface area contributed by atoms with E-state index in [9.17, 15) is 14.4 Å². The van der Waals surface area contributed by atoms with Gasteiger partial charge in [0.1, 0.15) is 12.5 Å². The van der Waals surface area contributed by atoms with E-state index in [1.165, 1.54) is 11.8 Å². The summed E-state index contributed by atoms with van der Waals surface area (Å²) in [6.45, 7) is 8.69. The van der Waals surface area contributed by atoms with Crippen molar-refractivity contribution in [2.45, 2.75) is 39.3 Å². The molecule has 1 atom stereocenters. The molecule has 2 heterocycles. The zero-order chi connectivity index (χ0) is 23.7. The fourth-order valence-corrected chi connectivity index (χ4v) is 3.53. The van der Waals surface area contributed by atoms with Crippen LogP contribution in [0.3, 0.4) is 0 Å². The summed E-state index contributed by atoms with van der Waals surface area (Å²) >= 11 is 6.62. The van der Waals surface area contributed by atoms with Crippen LogP contribution in [0.25, 0.3) is 0 Å². The predicted molar refractivity (Wildman–Crippen MR) is 117 cm³/mol. The van der Waals surface area contributed by atoms with Gasteiger partial charge in [-0.1, -0.05) is 0 Å². The van der Waals surface area contributed by atoms with Crippen molar-refractivity contribution in [1.82, 2.24) is 13.6 Å². The summed E-state index contributed by atoms with van der Waals surface area (Å²) in [4.78, 5) is 39.1. The van der Waals surface area contributed by atoms with Crippen molar-refractivity contribution in [3.8, 4) is 5.88 Å². The largest absolute Gasteiger partial charge is 0.470 e. The van der Waals surface area contributed by atoms with E-state index >= 15 is 0 Å². The highest BCUT2D eigenvalue weighted by Crippen LogP contribution is 2.27. The quantitative estimate of drug-likeness (QED) is 0.346. The van der Waals surface area contributed by atoms with Crippen molar-refractivity contribution in [1.29, 1.82) is 0 Å². The first kappa shape index (κ1) is 26.1. The van der Waals surface area contributed by atoms with Gasteiger partial charge in [0.15, 0.2) is 12.7 Å². The molecule has 2 rings (SSSR count). The number of morpholine rings is 1. The molecule has 11 nitrogen and oxygen atoms in total. The van der Waals surface area contributed by atoms with Crippen LogP contribution in [0.1, 0.15) is 27.7 Å². The lowest BCUT2D eigenvalue weighted by Gasteiger charge is -2.37. The molecule has 1 fully saturated rings. The molecule has 32 heavy (non-hydrogen) atoms. The molecule has 1 aromatic rings. The second-order valence-electron chi connectivity index (χ2n) is 8.00. The molecule has 1 aliphatic rings. The van der Waals surface area contributed by atoms with E-state index in [4.69, 9.17) is 30.5 Å². The van der Waals surface area contributed by atoms with E-state index in [2.05, 4.69) is 8.75 Å². The monoisotopic (exact) mass is 492 g/mol. The van der Waals surface area contributed by atoms with Crippen LogP contribution in [0.5, 0.6) is 5.88 Å². The van der Waals surface area contributed by atoms with E-state index in [0.29, 0.717) is 38.0 Å². The fraction of sp³-hybridized carbons (Fsp3) is 0.737. The first-order valence-corrected chi connectivity index (χ1v) is 11.4. The smallest absolute Gasteiger partial charge is 0.321 e. The fourth-order valence-electron chi connectivity index (χ4n) is 2.94. The van der Waals surface area contributed by atoms with E-state index in [1.807, 2.05) is 25.7 Å². The molecule has 0 aromatic carbocycles. The number of nitrogens with zero attached hydrogens (tertiary/aromatic N) is 4. The van der Waals surface area contributed by atoms with Gasteiger partial charge in [0.2, 0.25) is 5.82 Å². The Bertz CT molecular complexity index is 780. The summed E-state index contributed by atoms with van der Waals surface area (Å²) in [6, 6.07) is 0. The summed E-state index contributed by atoms with van der Waals surface area (Å²) in [7, 11) is 0. The summed E-state index contributed by atoms with van der Waals surface area (Å²) < 4.78 is 29.9. The molecule has 0 spiro atoms. The highest BCUT2D eigenvalue weighted by molar-refractivity contribution is 6.99. The van der Waals surface area contributed by atoms with E-state index in [1.54, 1.807) is 0 Å². The van der Waals surface area contributed by atoms with Gasteiger partial charge >= 0.3 is 11.9 Å². The van der Waals surface area contributed by atoms with Crippen LogP contribution in [0.4, 0.5) is 5.82 Å². The van der Waals surface area contributed by atoms with Gasteiger partial charge in [0.05, 0.1) is 31.5 Å². The molecule has 0 saturated carbocycles. The number of amides is 1. The second-order valence-corrected chi connectivity index (χ2v) is 8.80. The van der Waals surface area contributed by atoms with Gasteiger partial charge < -0.3 is 28.7 Å². The van der Waals surface area contributed by atoms with Crippen LogP contribution < -0.4 is 9.64 Å². The van der Waals surface area contributed by atoms with Crippen molar-refractivity contribution >= 4 is 47.0 Å². The van der Waals surface area contributed by atoms with Crippen molar-refractivity contribution in [2.75, 3.05) is 56.8 Å². The first-order chi connectivity index (χ1) is 15.1. The number of aromatic nitrogens is 2. The number of hydrogen-bond donors (Lipinski definition) is 0. The van der Waals surface area contributed by atoms with E-state index in [-0.39, 0.29) is 19.0 Å². The number of ether oxygens (including phenoxy) is 4. The van der Waals surface area contributed by atoms with Gasteiger partial charge in [-0.25, -0.2) is 0 Å². The third-order valence-corrected chi connectivity index (χ3v) is 5.18. The lowest BCUT2D eigenvalue weighted by molar-refractivity contribution is -0.158. The molecule has 0 bridgehead atoms. The Morgan fingerprint density at radius 1 is 1.25 bits per heavy atom. The number of carbonyl (C=O) groups excluding carboxylic acids is 3. The molecule has 180 valence electrons. The SMILES string of the molecule is CC(=O)OCC(=O)N(C[C@@H](COc1nsnc1N1CCOCC1)OC(=O)CCl)C(C)(C)C. The molecular formula is C19H29ClN4O7S. The normalized spacial score (nSPS) is 15.1. The maximum Gasteiger partial charge on any atom is 0.321 e. The Labute approximate surface area is 196 Å². The molecule has 1 aromatic heterocycles. The van der Waals surface area contributed by atoms with Gasteiger partial charge in [-0.15, -0.1) is 16.0 Å². The number of alkyl halides is 1. The average Bonchev–Trinajstić information content (AvgIpc) is 3.22. The van der Waals surface area contributed by atoms with Gasteiger partial charge in [0.25, 0.3) is 11.8 Å². The second kappa shape index (κ2) is 12.2. The van der Waals surface area contributed by atoms with Gasteiger partial charge in [-0.3, -0.25) is 14.4 Å². The van der Waals surface area contributed by atoms with Crippen molar-refractivity contribution < 1.29 is 33.3 Å². The molecule has 0 unspecified atom stereocenters. The minimum atomic E-state index is -0.832. The number of hydrogen-bond acceptors (Lipinski definition) is 11. The summed E-state index contributed by atoms with van der Waals surface area (Å²) in [5.41, 5.74) is -0.635. The minimum absolute atomic E-state index is 0.0106. The zero-order valence-electron chi connectivity index (χ0n) is 18.7. The third-order valence-electron chi connectivity index (χ3n) is 4.46. The van der Waals surface area contributed by atoms with E-state index < -0.39 is 36.1 Å². The lowest BCUT2D eigenvalue weighted by atomic mass is 10.1. The van der Waals surface area contributed by atoms with Crippen LogP contribution in [-0.4, -0.2) is 95.1 Å². The summed E-state index contributed by atoms with van der Waals surface area (Å²) in [6.07, 6.45) is -0.832. The van der Waals surface area contributed by atoms with Crippen molar-refractivity contribution in [2.24, 2.45) is 0 Å². The van der Waals surface area contributed by atoms with Gasteiger partial charge in [0, 0.05) is 25.6 Å². The maximum absolute atomic E-state index is 12.7. The molecule has 1 amide bonds. The number of esters is 2. The molecule has 0 aliphatic carbocycles. The Balaban J connectivity index is 2.11. The van der Waals surface area contributed by atoms with Crippen LogP contribution in [0.15, 0.2) is 0 Å². The number of anilines is 1. The van der Waals surface area contributed by atoms with Crippen LogP contribution in [0.2, 0.25) is 0 Å². The van der Waals surface area contributed by atoms with E-state index in [0.717, 1.165) is 11.7 Å². The number of carbonyl (C=O) groups is 3. The van der Waals surface area contributed by atoms with Gasteiger partial charge in [-0.2, -0.15) is 4.37 Å². The average molecular weight is 493 g/mol. The van der Waals surface area contributed by atoms with Gasteiger partial charge in [-0.05, 0) is 20.8 Å². The Hall–Kier alpha value is -2.18. The molecule has 1 saturated heterocycles. The predicted octanol–water partition coefficient (Wildman–Crippen LogP) is 1.09. The lowest BCUT2D eigenvalue weighted by Crippen LogP contribution is -2.52. The first-order valence-electron chi connectivity index (χ1n) is 10.1. The summed E-state index contributed by atoms with van der Waals surface area (Å²) in [5, 5.41) is 0. The highest BCUT2D eigenvalue weighted by Gasteiger charge is 2.32. The molecule has 0 N–H and O–H groups in total. The highest BCUT2D eigenvalue weighted by atomic mass is 35.5. The molecule has 0 radical (unpaired) electrons. The van der Waals surface area contributed by atoms with Crippen molar-refractivity contribution in [3.63, 3.8) is 0 Å². The van der Waals surface area contributed by atoms with Crippen LogP contribution in [0, 0.1) is 0 Å². The topological polar surface area (TPSA) is 120 Å². The number of rotatable bonds is 10.